The van der Waals surface area contributed by atoms with Crippen molar-refractivity contribution in [3.8, 4) is 0 Å². The molecule has 1 aliphatic heterocycles. The number of carbonyl (C=O) groups excluding carboxylic acids is 1. The highest BCUT2D eigenvalue weighted by Crippen LogP contribution is 2.20. The van der Waals surface area contributed by atoms with Gasteiger partial charge in [0.1, 0.15) is 6.04 Å². The number of benzene rings is 1. The molecule has 0 aromatic heterocycles. The van der Waals surface area contributed by atoms with Crippen molar-refractivity contribution in [1.82, 2.24) is 4.90 Å². The molecule has 22 heavy (non-hydrogen) atoms. The van der Waals surface area contributed by atoms with E-state index < -0.39 is 12.0 Å². The second-order valence-corrected chi connectivity index (χ2v) is 6.19. The average Bonchev–Trinajstić information content (AvgIpc) is 2.50. The number of rotatable bonds is 5. The molecule has 1 atom stereocenters. The van der Waals surface area contributed by atoms with Crippen LogP contribution in [-0.2, 0) is 22.6 Å². The molecule has 0 aliphatic carbocycles. The van der Waals surface area contributed by atoms with Gasteiger partial charge in [-0.1, -0.05) is 19.9 Å². The van der Waals surface area contributed by atoms with E-state index >= 15 is 0 Å². The van der Waals surface area contributed by atoms with Gasteiger partial charge >= 0.3 is 5.97 Å². The van der Waals surface area contributed by atoms with E-state index in [4.69, 9.17) is 4.74 Å². The summed E-state index contributed by atoms with van der Waals surface area (Å²) in [6, 6.07) is 4.71. The normalized spacial score (nSPS) is 15.3. The number of carboxylic acids is 1. The van der Waals surface area contributed by atoms with Gasteiger partial charge in [-0.3, -0.25) is 4.79 Å². The number of aliphatic carboxylic acids is 1. The van der Waals surface area contributed by atoms with Crippen molar-refractivity contribution in [3.05, 3.63) is 34.9 Å². The molecule has 2 rings (SSSR count). The van der Waals surface area contributed by atoms with Gasteiger partial charge in [0, 0.05) is 12.6 Å². The molecule has 0 saturated carbocycles. The van der Waals surface area contributed by atoms with E-state index in [1.165, 1.54) is 4.90 Å². The van der Waals surface area contributed by atoms with Gasteiger partial charge in [0.2, 0.25) is 0 Å². The van der Waals surface area contributed by atoms with Crippen LogP contribution < -0.4 is 0 Å². The van der Waals surface area contributed by atoms with Gasteiger partial charge in [-0.15, -0.1) is 0 Å². The summed E-state index contributed by atoms with van der Waals surface area (Å²) < 4.78 is 5.38. The summed E-state index contributed by atoms with van der Waals surface area (Å²) >= 11 is 0. The SMILES string of the molecule is CC(C)C[C@@H](C(=O)O)N(C)C(=O)c1ccc2c(c1)CCOC2. The van der Waals surface area contributed by atoms with Crippen LogP contribution in [0.5, 0.6) is 0 Å². The van der Waals surface area contributed by atoms with Crippen molar-refractivity contribution in [3.63, 3.8) is 0 Å². The Bertz CT molecular complexity index is 568. The third kappa shape index (κ3) is 3.65. The Morgan fingerprint density at radius 2 is 2.05 bits per heavy atom. The maximum atomic E-state index is 12.6. The lowest BCUT2D eigenvalue weighted by Crippen LogP contribution is -2.43. The fourth-order valence-corrected chi connectivity index (χ4v) is 2.71. The molecule has 5 heteroatoms. The fraction of sp³-hybridized carbons (Fsp3) is 0.529. The van der Waals surface area contributed by atoms with Crippen molar-refractivity contribution >= 4 is 11.9 Å². The average molecular weight is 305 g/mol. The number of hydrogen-bond acceptors (Lipinski definition) is 3. The maximum Gasteiger partial charge on any atom is 0.326 e. The first-order chi connectivity index (χ1) is 10.4. The van der Waals surface area contributed by atoms with Crippen molar-refractivity contribution < 1.29 is 19.4 Å². The van der Waals surface area contributed by atoms with Crippen molar-refractivity contribution in [2.75, 3.05) is 13.7 Å². The van der Waals surface area contributed by atoms with E-state index in [0.717, 1.165) is 17.5 Å². The van der Waals surface area contributed by atoms with Crippen LogP contribution in [0.1, 0.15) is 41.8 Å². The van der Waals surface area contributed by atoms with E-state index in [1.807, 2.05) is 26.0 Å². The predicted molar refractivity (Wildman–Crippen MR) is 82.8 cm³/mol. The topological polar surface area (TPSA) is 66.8 Å². The zero-order valence-corrected chi connectivity index (χ0v) is 13.3. The monoisotopic (exact) mass is 305 g/mol. The molecule has 1 N–H and O–H groups in total. The predicted octanol–water partition coefficient (Wildman–Crippen LogP) is 2.33. The lowest BCUT2D eigenvalue weighted by Gasteiger charge is -2.27. The highest BCUT2D eigenvalue weighted by molar-refractivity contribution is 5.96. The van der Waals surface area contributed by atoms with Crippen molar-refractivity contribution in [2.45, 2.75) is 39.3 Å². The quantitative estimate of drug-likeness (QED) is 0.906. The van der Waals surface area contributed by atoms with Crippen LogP contribution in [0, 0.1) is 5.92 Å². The Kier molecular flexibility index (Phi) is 5.19. The van der Waals surface area contributed by atoms with Gasteiger partial charge in [0.05, 0.1) is 13.2 Å². The first kappa shape index (κ1) is 16.5. The molecule has 120 valence electrons. The van der Waals surface area contributed by atoms with E-state index in [2.05, 4.69) is 0 Å². The zero-order valence-electron chi connectivity index (χ0n) is 13.3. The molecule has 0 unspecified atom stereocenters. The molecule has 1 heterocycles. The first-order valence-corrected chi connectivity index (χ1v) is 7.59. The second-order valence-electron chi connectivity index (χ2n) is 6.19. The lowest BCUT2D eigenvalue weighted by atomic mass is 9.98. The number of amides is 1. The highest BCUT2D eigenvalue weighted by atomic mass is 16.5. The zero-order chi connectivity index (χ0) is 16.3. The van der Waals surface area contributed by atoms with Crippen LogP contribution in [0.4, 0.5) is 0 Å². The second kappa shape index (κ2) is 6.92. The molecular formula is C17H23NO4. The first-order valence-electron chi connectivity index (χ1n) is 7.59. The smallest absolute Gasteiger partial charge is 0.326 e. The van der Waals surface area contributed by atoms with Crippen LogP contribution in [-0.4, -0.2) is 41.6 Å². The number of carbonyl (C=O) groups is 2. The Morgan fingerprint density at radius 3 is 2.68 bits per heavy atom. The number of nitrogens with zero attached hydrogens (tertiary/aromatic N) is 1. The highest BCUT2D eigenvalue weighted by Gasteiger charge is 2.28. The third-order valence-electron chi connectivity index (χ3n) is 3.99. The maximum absolute atomic E-state index is 12.6. The summed E-state index contributed by atoms with van der Waals surface area (Å²) in [4.78, 5) is 25.4. The van der Waals surface area contributed by atoms with Crippen LogP contribution >= 0.6 is 0 Å². The Hall–Kier alpha value is -1.88. The van der Waals surface area contributed by atoms with E-state index in [9.17, 15) is 14.7 Å². The molecule has 0 radical (unpaired) electrons. The third-order valence-corrected chi connectivity index (χ3v) is 3.99. The molecule has 1 aromatic rings. The summed E-state index contributed by atoms with van der Waals surface area (Å²) in [5.74, 6) is -1.00. The van der Waals surface area contributed by atoms with Crippen LogP contribution in [0.15, 0.2) is 18.2 Å². The standard InChI is InChI=1S/C17H23NO4/c1-11(2)8-15(17(20)21)18(3)16(19)13-4-5-14-10-22-7-6-12(14)9-13/h4-5,9,11,15H,6-8,10H2,1-3H3,(H,20,21)/t15-/m0/s1. The van der Waals surface area contributed by atoms with E-state index in [1.54, 1.807) is 13.1 Å². The molecule has 1 aromatic carbocycles. The molecule has 1 amide bonds. The van der Waals surface area contributed by atoms with E-state index in [-0.39, 0.29) is 11.8 Å². The molecule has 1 aliphatic rings. The Labute approximate surface area is 130 Å². The van der Waals surface area contributed by atoms with Crippen LogP contribution in [0.25, 0.3) is 0 Å². The van der Waals surface area contributed by atoms with Gasteiger partial charge in [0.25, 0.3) is 5.91 Å². The van der Waals surface area contributed by atoms with E-state index in [0.29, 0.717) is 25.2 Å². The largest absolute Gasteiger partial charge is 0.480 e. The Balaban J connectivity index is 2.20. The van der Waals surface area contributed by atoms with Gasteiger partial charge in [-0.2, -0.15) is 0 Å². The van der Waals surface area contributed by atoms with Crippen LogP contribution in [0.3, 0.4) is 0 Å². The summed E-state index contributed by atoms with van der Waals surface area (Å²) in [5.41, 5.74) is 2.75. The van der Waals surface area contributed by atoms with Gasteiger partial charge in [-0.25, -0.2) is 4.79 Å². The summed E-state index contributed by atoms with van der Waals surface area (Å²) in [6.07, 6.45) is 1.23. The van der Waals surface area contributed by atoms with Crippen LogP contribution in [0.2, 0.25) is 0 Å². The Morgan fingerprint density at radius 1 is 1.32 bits per heavy atom. The number of likely N-dealkylation sites (N-methyl/N-ethyl adjacent to an activating group) is 1. The number of fused-ring (bicyclic) bond motifs is 1. The number of carboxylic acid groups (broad SMARTS) is 1. The molecule has 5 nitrogen and oxygen atoms in total. The molecule has 0 bridgehead atoms. The number of hydrogen-bond donors (Lipinski definition) is 1. The van der Waals surface area contributed by atoms with Gasteiger partial charge < -0.3 is 14.7 Å². The molecule has 0 spiro atoms. The summed E-state index contributed by atoms with van der Waals surface area (Å²) in [7, 11) is 1.56. The molecular weight excluding hydrogens is 282 g/mol. The lowest BCUT2D eigenvalue weighted by molar-refractivity contribution is -0.142. The summed E-state index contributed by atoms with van der Waals surface area (Å²) in [5, 5.41) is 9.37. The van der Waals surface area contributed by atoms with Crippen molar-refractivity contribution in [2.24, 2.45) is 5.92 Å². The van der Waals surface area contributed by atoms with Gasteiger partial charge in [-0.05, 0) is 42.0 Å². The fourth-order valence-electron chi connectivity index (χ4n) is 2.71. The molecule has 0 saturated heterocycles. The number of ether oxygens (including phenoxy) is 1. The van der Waals surface area contributed by atoms with Crippen molar-refractivity contribution in [1.29, 1.82) is 0 Å². The summed E-state index contributed by atoms with van der Waals surface area (Å²) in [6.45, 7) is 5.14. The minimum atomic E-state index is -0.962. The minimum Gasteiger partial charge on any atom is -0.480 e. The minimum absolute atomic E-state index is 0.206. The molecule has 0 fully saturated rings. The van der Waals surface area contributed by atoms with Gasteiger partial charge in [0.15, 0.2) is 0 Å².